The molecule has 0 N–H and O–H groups in total. The van der Waals surface area contributed by atoms with Gasteiger partial charge in [0.1, 0.15) is 0 Å². The van der Waals surface area contributed by atoms with Crippen LogP contribution in [0.25, 0.3) is 6.08 Å². The molecule has 0 amide bonds. The molecule has 0 aliphatic carbocycles. The van der Waals surface area contributed by atoms with Gasteiger partial charge in [-0.15, -0.1) is 0 Å². The van der Waals surface area contributed by atoms with E-state index in [0.717, 1.165) is 11.3 Å². The molecule has 1 aromatic rings. The van der Waals surface area contributed by atoms with Gasteiger partial charge in [-0.1, -0.05) is 0 Å². The molecule has 0 saturated heterocycles. The fraction of sp³-hybridized carbons (Fsp3) is 0.333. The van der Waals surface area contributed by atoms with E-state index in [9.17, 15) is 10.1 Å². The third-order valence-corrected chi connectivity index (χ3v) is 1.94. The van der Waals surface area contributed by atoms with Gasteiger partial charge < -0.3 is 15.0 Å². The van der Waals surface area contributed by atoms with Gasteiger partial charge in [0.2, 0.25) is 0 Å². The summed E-state index contributed by atoms with van der Waals surface area (Å²) in [5.74, 6) is 0. The number of nitrogens with zero attached hydrogens (tertiary/aromatic N) is 4. The number of nitro groups is 1. The summed E-state index contributed by atoms with van der Waals surface area (Å²) in [7, 11) is 3.71. The average molecular weight is 200 g/mol. The molecule has 1 heterocycles. The Balaban J connectivity index is 2.75. The number of aromatic nitrogens is 2. The molecule has 7 heteroatoms. The zero-order chi connectivity index (χ0) is 9.84. The molecule has 0 aliphatic heterocycles. The topological polar surface area (TPSA) is 72.2 Å². The number of rotatable bonds is 3. The maximum absolute atomic E-state index is 10.2. The van der Waals surface area contributed by atoms with Gasteiger partial charge in [0, 0.05) is 20.3 Å². The lowest BCUT2D eigenvalue weighted by Gasteiger charge is -2.00. The fourth-order valence-corrected chi connectivity index (χ4v) is 1.13. The molecule has 13 heavy (non-hydrogen) atoms. The Morgan fingerprint density at radius 3 is 2.69 bits per heavy atom. The first-order valence-electron chi connectivity index (χ1n) is 3.42. The standard InChI is InChI=1S/C6H8N4O2S/c1-9(2)4-3-5-7-8-6(13-5)10(11)12/h3-4H,1-2H3. The Labute approximate surface area is 78.7 Å². The Kier molecular flexibility index (Phi) is 2.91. The second-order valence-electron chi connectivity index (χ2n) is 2.46. The molecule has 0 fully saturated rings. The van der Waals surface area contributed by atoms with Gasteiger partial charge in [0.15, 0.2) is 5.01 Å². The van der Waals surface area contributed by atoms with Gasteiger partial charge in [-0.25, -0.2) is 0 Å². The van der Waals surface area contributed by atoms with Crippen LogP contribution in [0.2, 0.25) is 0 Å². The summed E-state index contributed by atoms with van der Waals surface area (Å²) < 4.78 is 0. The van der Waals surface area contributed by atoms with Crippen LogP contribution < -0.4 is 0 Å². The quantitative estimate of drug-likeness (QED) is 0.537. The van der Waals surface area contributed by atoms with Crippen LogP contribution in [0.15, 0.2) is 6.20 Å². The van der Waals surface area contributed by atoms with Gasteiger partial charge in [-0.2, -0.15) is 0 Å². The molecule has 0 bridgehead atoms. The maximum Gasteiger partial charge on any atom is 0.450 e. The highest BCUT2D eigenvalue weighted by Gasteiger charge is 2.12. The largest absolute Gasteiger partial charge is 0.450 e. The van der Waals surface area contributed by atoms with Crippen molar-refractivity contribution in [2.45, 2.75) is 0 Å². The van der Waals surface area contributed by atoms with E-state index in [2.05, 4.69) is 10.2 Å². The normalized spacial score (nSPS) is 10.6. The third kappa shape index (κ3) is 2.79. The summed E-state index contributed by atoms with van der Waals surface area (Å²) in [6.45, 7) is 0. The monoisotopic (exact) mass is 200 g/mol. The molecule has 0 spiro atoms. The minimum atomic E-state index is -0.551. The Morgan fingerprint density at radius 1 is 1.54 bits per heavy atom. The van der Waals surface area contributed by atoms with E-state index < -0.39 is 4.92 Å². The van der Waals surface area contributed by atoms with Crippen molar-refractivity contribution in [3.05, 3.63) is 21.3 Å². The van der Waals surface area contributed by atoms with E-state index in [-0.39, 0.29) is 5.13 Å². The summed E-state index contributed by atoms with van der Waals surface area (Å²) >= 11 is 0.948. The average Bonchev–Trinajstić information content (AvgIpc) is 2.48. The first-order chi connectivity index (χ1) is 6.09. The van der Waals surface area contributed by atoms with Crippen molar-refractivity contribution < 1.29 is 4.92 Å². The summed E-state index contributed by atoms with van der Waals surface area (Å²) in [5.41, 5.74) is 0. The number of hydrogen-bond acceptors (Lipinski definition) is 6. The van der Waals surface area contributed by atoms with E-state index in [1.165, 1.54) is 0 Å². The van der Waals surface area contributed by atoms with Crippen LogP contribution in [-0.4, -0.2) is 34.1 Å². The highest BCUT2D eigenvalue weighted by molar-refractivity contribution is 7.15. The highest BCUT2D eigenvalue weighted by atomic mass is 32.1. The summed E-state index contributed by atoms with van der Waals surface area (Å²) in [6, 6.07) is 0. The molecule has 0 radical (unpaired) electrons. The van der Waals surface area contributed by atoms with Crippen molar-refractivity contribution in [2.24, 2.45) is 0 Å². The molecule has 1 rings (SSSR count). The van der Waals surface area contributed by atoms with Crippen LogP contribution in [0.4, 0.5) is 5.13 Å². The van der Waals surface area contributed by atoms with Gasteiger partial charge in [-0.05, 0) is 27.4 Å². The number of hydrogen-bond donors (Lipinski definition) is 0. The minimum absolute atomic E-state index is 0.182. The molecule has 0 atom stereocenters. The molecule has 0 unspecified atom stereocenters. The zero-order valence-electron chi connectivity index (χ0n) is 7.17. The molecule has 0 aliphatic rings. The van der Waals surface area contributed by atoms with Gasteiger partial charge in [-0.3, -0.25) is 0 Å². The minimum Gasteiger partial charge on any atom is -0.383 e. The molecule has 6 nitrogen and oxygen atoms in total. The third-order valence-electron chi connectivity index (χ3n) is 1.10. The molecular weight excluding hydrogens is 192 g/mol. The second kappa shape index (κ2) is 3.94. The molecule has 0 aromatic carbocycles. The first kappa shape index (κ1) is 9.59. The predicted octanol–water partition coefficient (Wildman–Crippen LogP) is 0.979. The van der Waals surface area contributed by atoms with Crippen LogP contribution in [0.1, 0.15) is 5.01 Å². The Bertz CT molecular complexity index is 333. The van der Waals surface area contributed by atoms with E-state index in [1.54, 1.807) is 12.3 Å². The van der Waals surface area contributed by atoms with Gasteiger partial charge in [0.25, 0.3) is 0 Å². The van der Waals surface area contributed by atoms with Crippen molar-refractivity contribution in [1.29, 1.82) is 0 Å². The van der Waals surface area contributed by atoms with Crippen molar-refractivity contribution >= 4 is 22.5 Å². The van der Waals surface area contributed by atoms with Gasteiger partial charge >= 0.3 is 5.13 Å². The highest BCUT2D eigenvalue weighted by Crippen LogP contribution is 2.18. The van der Waals surface area contributed by atoms with Crippen LogP contribution in [0.3, 0.4) is 0 Å². The SMILES string of the molecule is CN(C)C=Cc1nnc([N+](=O)[O-])s1. The molecule has 0 saturated carbocycles. The van der Waals surface area contributed by atoms with Crippen molar-refractivity contribution in [1.82, 2.24) is 15.1 Å². The predicted molar refractivity (Wildman–Crippen MR) is 49.3 cm³/mol. The van der Waals surface area contributed by atoms with Gasteiger partial charge in [0.05, 0.1) is 5.10 Å². The lowest BCUT2D eigenvalue weighted by Crippen LogP contribution is -1.99. The van der Waals surface area contributed by atoms with Crippen LogP contribution in [0.5, 0.6) is 0 Å². The smallest absolute Gasteiger partial charge is 0.383 e. The van der Waals surface area contributed by atoms with Crippen molar-refractivity contribution in [2.75, 3.05) is 14.1 Å². The fourth-order valence-electron chi connectivity index (χ4n) is 0.580. The zero-order valence-corrected chi connectivity index (χ0v) is 7.98. The summed E-state index contributed by atoms with van der Waals surface area (Å²) in [6.07, 6.45) is 3.43. The first-order valence-corrected chi connectivity index (χ1v) is 4.24. The van der Waals surface area contributed by atoms with Crippen LogP contribution in [0, 0.1) is 10.1 Å². The lowest BCUT2D eigenvalue weighted by molar-refractivity contribution is -0.385. The molecular formula is C6H8N4O2S. The van der Waals surface area contributed by atoms with Crippen LogP contribution >= 0.6 is 11.3 Å². The molecule has 1 aromatic heterocycles. The maximum atomic E-state index is 10.2. The lowest BCUT2D eigenvalue weighted by atomic mass is 10.6. The van der Waals surface area contributed by atoms with E-state index in [1.807, 2.05) is 19.0 Å². The van der Waals surface area contributed by atoms with E-state index in [4.69, 9.17) is 0 Å². The Hall–Kier alpha value is -1.50. The van der Waals surface area contributed by atoms with Crippen LogP contribution in [-0.2, 0) is 0 Å². The van der Waals surface area contributed by atoms with Crippen molar-refractivity contribution in [3.8, 4) is 0 Å². The summed E-state index contributed by atoms with van der Waals surface area (Å²) in [4.78, 5) is 11.5. The second-order valence-corrected chi connectivity index (χ2v) is 3.45. The Morgan fingerprint density at radius 2 is 2.23 bits per heavy atom. The van der Waals surface area contributed by atoms with E-state index >= 15 is 0 Å². The summed E-state index contributed by atoms with van der Waals surface area (Å²) in [5, 5.41) is 17.6. The molecule has 70 valence electrons. The van der Waals surface area contributed by atoms with Crippen molar-refractivity contribution in [3.63, 3.8) is 0 Å². The van der Waals surface area contributed by atoms with E-state index in [0.29, 0.717) is 5.01 Å².